The van der Waals surface area contributed by atoms with Gasteiger partial charge in [-0.2, -0.15) is 0 Å². The van der Waals surface area contributed by atoms with Gasteiger partial charge in [-0.15, -0.1) is 0 Å². The van der Waals surface area contributed by atoms with Crippen molar-refractivity contribution in [2.75, 3.05) is 172 Å². The average Bonchev–Trinajstić information content (AvgIpc) is 3.13. The van der Waals surface area contributed by atoms with Gasteiger partial charge >= 0.3 is 11.9 Å². The molecule has 0 fully saturated rings. The smallest absolute Gasteiger partial charge is 0.308 e. The van der Waals surface area contributed by atoms with Crippen molar-refractivity contribution in [3.63, 3.8) is 0 Å². The lowest BCUT2D eigenvalue weighted by atomic mass is 10.3. The van der Waals surface area contributed by atoms with Gasteiger partial charge in [0, 0.05) is 19.6 Å². The van der Waals surface area contributed by atoms with Gasteiger partial charge in [0.15, 0.2) is 0 Å². The number of carbonyl (C=O) groups excluding carboxylic acids is 2. The van der Waals surface area contributed by atoms with Crippen molar-refractivity contribution < 1.29 is 81.1 Å². The number of rotatable bonds is 44. The van der Waals surface area contributed by atoms with Crippen LogP contribution in [-0.2, 0) is 76.0 Å². The largest absolute Gasteiger partial charge is 0.481 e. The summed E-state index contributed by atoms with van der Waals surface area (Å²) in [5.41, 5.74) is 0. The molecule has 52 heavy (non-hydrogen) atoms. The van der Waals surface area contributed by atoms with Crippen molar-refractivity contribution in [3.05, 3.63) is 0 Å². The van der Waals surface area contributed by atoms with Gasteiger partial charge in [-0.1, -0.05) is 0 Å². The fourth-order valence-electron chi connectivity index (χ4n) is 3.62. The summed E-state index contributed by atoms with van der Waals surface area (Å²) in [6, 6.07) is 0. The minimum absolute atomic E-state index is 0.0140. The minimum atomic E-state index is -0.986. The zero-order valence-electron chi connectivity index (χ0n) is 31.2. The van der Waals surface area contributed by atoms with Crippen molar-refractivity contribution in [1.82, 2.24) is 5.32 Å². The molecular weight excluding hydrogens is 694 g/mol. The molecule has 0 saturated heterocycles. The van der Waals surface area contributed by atoms with E-state index in [0.717, 1.165) is 0 Å². The molecule has 0 aromatic heterocycles. The first-order valence-corrected chi connectivity index (χ1v) is 18.1. The molecule has 0 atom stereocenters. The highest BCUT2D eigenvalue weighted by molar-refractivity contribution is 5.80. The molecule has 0 heterocycles. The molecule has 18 heteroatoms. The van der Waals surface area contributed by atoms with Crippen LogP contribution in [0.25, 0.3) is 0 Å². The summed E-state index contributed by atoms with van der Waals surface area (Å²) in [5, 5.41) is 11.2. The quantitative estimate of drug-likeness (QED) is 0.0642. The lowest BCUT2D eigenvalue weighted by molar-refractivity contribution is -0.144. The molecule has 1 amide bonds. The Hall–Kier alpha value is -2.07. The number of carboxylic acid groups (broad SMARTS) is 1. The molecule has 0 radical (unpaired) electrons. The van der Waals surface area contributed by atoms with Crippen LogP contribution in [0.2, 0.25) is 0 Å². The molecule has 0 rings (SSSR count). The van der Waals surface area contributed by atoms with Crippen LogP contribution in [0, 0.1) is 0 Å². The summed E-state index contributed by atoms with van der Waals surface area (Å²) in [7, 11) is 0. The van der Waals surface area contributed by atoms with Gasteiger partial charge in [0.25, 0.3) is 0 Å². The van der Waals surface area contributed by atoms with E-state index in [-0.39, 0.29) is 31.1 Å². The van der Waals surface area contributed by atoms with Crippen molar-refractivity contribution >= 4 is 17.8 Å². The highest BCUT2D eigenvalue weighted by atomic mass is 16.6. The summed E-state index contributed by atoms with van der Waals surface area (Å²) >= 11 is 0. The molecule has 0 aliphatic heterocycles. The van der Waals surface area contributed by atoms with Crippen LogP contribution < -0.4 is 5.32 Å². The van der Waals surface area contributed by atoms with Gasteiger partial charge in [0.2, 0.25) is 5.91 Å². The summed E-state index contributed by atoms with van der Waals surface area (Å²) in [6.45, 7) is 13.7. The van der Waals surface area contributed by atoms with Crippen molar-refractivity contribution in [2.24, 2.45) is 0 Å². The first-order chi connectivity index (χ1) is 25.6. The molecule has 0 bridgehead atoms. The van der Waals surface area contributed by atoms with Gasteiger partial charge < -0.3 is 72.0 Å². The lowest BCUT2D eigenvalue weighted by Gasteiger charge is -2.09. The van der Waals surface area contributed by atoms with Crippen LogP contribution in [0.5, 0.6) is 0 Å². The lowest BCUT2D eigenvalue weighted by Crippen LogP contribution is -2.25. The number of amides is 1. The highest BCUT2D eigenvalue weighted by Crippen LogP contribution is 1.91. The number of hydrogen-bond donors (Lipinski definition) is 2. The van der Waals surface area contributed by atoms with Gasteiger partial charge in [0.1, 0.15) is 0 Å². The van der Waals surface area contributed by atoms with E-state index in [1.807, 2.05) is 0 Å². The third-order valence-corrected chi connectivity index (χ3v) is 6.20. The summed E-state index contributed by atoms with van der Waals surface area (Å²) < 4.78 is 70.0. The third-order valence-electron chi connectivity index (χ3n) is 6.20. The van der Waals surface area contributed by atoms with Crippen LogP contribution in [0.15, 0.2) is 0 Å². The van der Waals surface area contributed by atoms with E-state index < -0.39 is 5.97 Å². The Morgan fingerprint density at radius 2 is 0.692 bits per heavy atom. The Labute approximate surface area is 308 Å². The summed E-state index contributed by atoms with van der Waals surface area (Å²) in [6.07, 6.45) is 0.714. The SMILES string of the molecule is CCOC(=O)CCOCCOCCOCCOCCOCCOCCOCCOCCOCCOCCOCCOCCCNC(=O)CCC(=O)O. The van der Waals surface area contributed by atoms with Crippen LogP contribution in [0.3, 0.4) is 0 Å². The van der Waals surface area contributed by atoms with Crippen molar-refractivity contribution in [1.29, 1.82) is 0 Å². The fraction of sp³-hybridized carbons (Fsp3) is 0.912. The molecule has 0 aliphatic carbocycles. The molecule has 0 aliphatic rings. The Balaban J connectivity index is 3.10. The fourth-order valence-corrected chi connectivity index (χ4v) is 3.62. The zero-order chi connectivity index (χ0) is 37.8. The predicted octanol–water partition coefficient (Wildman–Crippen LogP) is 0.510. The maximum Gasteiger partial charge on any atom is 0.308 e. The molecular formula is C34H65NO17. The second-order valence-electron chi connectivity index (χ2n) is 10.5. The van der Waals surface area contributed by atoms with E-state index in [1.165, 1.54) is 0 Å². The van der Waals surface area contributed by atoms with E-state index in [2.05, 4.69) is 5.32 Å². The first-order valence-electron chi connectivity index (χ1n) is 18.1. The van der Waals surface area contributed by atoms with Crippen LogP contribution >= 0.6 is 0 Å². The molecule has 0 saturated carbocycles. The highest BCUT2D eigenvalue weighted by Gasteiger charge is 2.04. The van der Waals surface area contributed by atoms with Crippen molar-refractivity contribution in [3.8, 4) is 0 Å². The third kappa shape index (κ3) is 44.1. The topological polar surface area (TPSA) is 203 Å². The Kier molecular flexibility index (Phi) is 41.6. The minimum Gasteiger partial charge on any atom is -0.481 e. The second-order valence-corrected chi connectivity index (χ2v) is 10.5. The Morgan fingerprint density at radius 3 is 0.981 bits per heavy atom. The number of carbonyl (C=O) groups is 3. The first kappa shape index (κ1) is 49.9. The number of aliphatic carboxylic acids is 1. The summed E-state index contributed by atoms with van der Waals surface area (Å²) in [4.78, 5) is 32.9. The number of carboxylic acids is 1. The van der Waals surface area contributed by atoms with E-state index in [9.17, 15) is 14.4 Å². The molecule has 0 aromatic rings. The predicted molar refractivity (Wildman–Crippen MR) is 186 cm³/mol. The van der Waals surface area contributed by atoms with E-state index in [0.29, 0.717) is 178 Å². The van der Waals surface area contributed by atoms with Gasteiger partial charge in [-0.05, 0) is 13.3 Å². The van der Waals surface area contributed by atoms with E-state index >= 15 is 0 Å². The Bertz CT molecular complexity index is 780. The van der Waals surface area contributed by atoms with Crippen LogP contribution in [0.1, 0.15) is 32.6 Å². The number of esters is 1. The van der Waals surface area contributed by atoms with E-state index in [1.54, 1.807) is 6.92 Å². The molecule has 0 aromatic carbocycles. The van der Waals surface area contributed by atoms with Gasteiger partial charge in [-0.3, -0.25) is 14.4 Å². The van der Waals surface area contributed by atoms with Crippen LogP contribution in [0.4, 0.5) is 0 Å². The average molecular weight is 760 g/mol. The molecule has 0 unspecified atom stereocenters. The Morgan fingerprint density at radius 1 is 0.404 bits per heavy atom. The zero-order valence-corrected chi connectivity index (χ0v) is 31.2. The monoisotopic (exact) mass is 759 g/mol. The maximum absolute atomic E-state index is 11.4. The number of nitrogens with one attached hydrogen (secondary N) is 1. The normalized spacial score (nSPS) is 11.2. The number of ether oxygens (including phenoxy) is 13. The van der Waals surface area contributed by atoms with Gasteiger partial charge in [0.05, 0.1) is 171 Å². The molecule has 18 nitrogen and oxygen atoms in total. The molecule has 308 valence electrons. The van der Waals surface area contributed by atoms with Crippen molar-refractivity contribution in [2.45, 2.75) is 32.6 Å². The maximum atomic E-state index is 11.4. The standard InChI is InChI=1S/C34H65NO17/c1-2-52-34(39)6-9-41-11-13-43-15-17-45-19-21-47-23-25-49-27-29-51-31-30-50-28-26-48-24-22-46-20-18-44-16-14-42-12-10-40-8-3-7-35-32(36)4-5-33(37)38/h2-31H2,1H3,(H,35,36)(H,37,38). The molecule has 2 N–H and O–H groups in total. The van der Waals surface area contributed by atoms with Gasteiger partial charge in [-0.25, -0.2) is 0 Å². The molecule has 0 spiro atoms. The van der Waals surface area contributed by atoms with E-state index in [4.69, 9.17) is 66.7 Å². The second kappa shape index (κ2) is 43.3. The summed E-state index contributed by atoms with van der Waals surface area (Å²) in [5.74, 6) is -1.51. The van der Waals surface area contributed by atoms with Crippen LogP contribution in [-0.4, -0.2) is 195 Å². The number of hydrogen-bond acceptors (Lipinski definition) is 16.